The van der Waals surface area contributed by atoms with E-state index in [4.69, 9.17) is 4.74 Å². The summed E-state index contributed by atoms with van der Waals surface area (Å²) in [6, 6.07) is 21.2. The number of aromatic nitrogens is 1. The van der Waals surface area contributed by atoms with E-state index < -0.39 is 0 Å². The average Bonchev–Trinajstić information content (AvgIpc) is 2.69. The molecule has 26 heavy (non-hydrogen) atoms. The van der Waals surface area contributed by atoms with Gasteiger partial charge in [0, 0.05) is 24.1 Å². The Morgan fingerprint density at radius 1 is 1.00 bits per heavy atom. The number of hydrogen-bond acceptors (Lipinski definition) is 4. The zero-order chi connectivity index (χ0) is 18.2. The molecule has 1 aromatic heterocycles. The van der Waals surface area contributed by atoms with Crippen molar-refractivity contribution in [2.45, 2.75) is 6.42 Å². The number of carbonyl (C=O) groups is 1. The van der Waals surface area contributed by atoms with Gasteiger partial charge in [0.05, 0.1) is 7.11 Å². The molecule has 0 radical (unpaired) electrons. The van der Waals surface area contributed by atoms with Crippen molar-refractivity contribution in [2.75, 3.05) is 19.0 Å². The first-order valence-electron chi connectivity index (χ1n) is 8.44. The van der Waals surface area contributed by atoms with Crippen molar-refractivity contribution >= 4 is 17.3 Å². The van der Waals surface area contributed by atoms with Crippen molar-refractivity contribution in [1.29, 1.82) is 0 Å². The monoisotopic (exact) mass is 347 g/mol. The molecule has 1 heterocycles. The molecule has 3 aromatic rings. The number of hydrogen-bond donors (Lipinski definition) is 2. The van der Waals surface area contributed by atoms with Crippen molar-refractivity contribution in [1.82, 2.24) is 10.3 Å². The number of anilines is 2. The van der Waals surface area contributed by atoms with Gasteiger partial charge in [0.2, 0.25) is 0 Å². The van der Waals surface area contributed by atoms with Crippen LogP contribution in [0.15, 0.2) is 72.9 Å². The summed E-state index contributed by atoms with van der Waals surface area (Å²) in [7, 11) is 1.65. The third-order valence-electron chi connectivity index (χ3n) is 3.93. The Morgan fingerprint density at radius 2 is 1.77 bits per heavy atom. The van der Waals surface area contributed by atoms with E-state index in [1.54, 1.807) is 19.4 Å². The predicted molar refractivity (Wildman–Crippen MR) is 103 cm³/mol. The van der Waals surface area contributed by atoms with Crippen LogP contribution in [0.1, 0.15) is 16.1 Å². The summed E-state index contributed by atoms with van der Waals surface area (Å²) in [5.41, 5.74) is 3.22. The number of benzene rings is 2. The van der Waals surface area contributed by atoms with Crippen LogP contribution in [0.3, 0.4) is 0 Å². The standard InChI is InChI=1S/C21H21N3O2/c1-26-20-10-6-5-7-16(20)11-13-23-21(25)19-15-18(12-14-22-19)24-17-8-3-2-4-9-17/h2-10,12,14-15H,11,13H2,1H3,(H,22,24)(H,23,25). The zero-order valence-corrected chi connectivity index (χ0v) is 14.6. The van der Waals surface area contributed by atoms with Crippen LogP contribution in [0.5, 0.6) is 5.75 Å². The van der Waals surface area contributed by atoms with Crippen LogP contribution in [0.2, 0.25) is 0 Å². The molecule has 0 aliphatic rings. The molecule has 2 aromatic carbocycles. The minimum atomic E-state index is -0.198. The summed E-state index contributed by atoms with van der Waals surface area (Å²) in [4.78, 5) is 16.5. The topological polar surface area (TPSA) is 63.2 Å². The average molecular weight is 347 g/mol. The van der Waals surface area contributed by atoms with Crippen LogP contribution < -0.4 is 15.4 Å². The highest BCUT2D eigenvalue weighted by atomic mass is 16.5. The lowest BCUT2D eigenvalue weighted by Crippen LogP contribution is -2.26. The van der Waals surface area contributed by atoms with Gasteiger partial charge in [0.25, 0.3) is 5.91 Å². The van der Waals surface area contributed by atoms with Crippen LogP contribution in [0.25, 0.3) is 0 Å². The van der Waals surface area contributed by atoms with Crippen molar-refractivity contribution in [3.05, 3.63) is 84.2 Å². The minimum Gasteiger partial charge on any atom is -0.496 e. The van der Waals surface area contributed by atoms with Gasteiger partial charge >= 0.3 is 0 Å². The highest BCUT2D eigenvalue weighted by Gasteiger charge is 2.09. The third-order valence-corrected chi connectivity index (χ3v) is 3.93. The Morgan fingerprint density at radius 3 is 2.58 bits per heavy atom. The smallest absolute Gasteiger partial charge is 0.269 e. The SMILES string of the molecule is COc1ccccc1CCNC(=O)c1cc(Nc2ccccc2)ccn1. The van der Waals surface area contributed by atoms with Crippen molar-refractivity contribution in [2.24, 2.45) is 0 Å². The second kappa shape index (κ2) is 8.67. The molecule has 0 aliphatic carbocycles. The number of pyridine rings is 1. The molecule has 5 heteroatoms. The first-order chi connectivity index (χ1) is 12.8. The molecule has 0 saturated heterocycles. The predicted octanol–water partition coefficient (Wildman–Crippen LogP) is 3.81. The van der Waals surface area contributed by atoms with Gasteiger partial charge < -0.3 is 15.4 Å². The molecule has 0 atom stereocenters. The molecular weight excluding hydrogens is 326 g/mol. The van der Waals surface area contributed by atoms with E-state index >= 15 is 0 Å². The largest absolute Gasteiger partial charge is 0.496 e. The lowest BCUT2D eigenvalue weighted by Gasteiger charge is -2.10. The molecule has 132 valence electrons. The number of amides is 1. The number of methoxy groups -OCH3 is 1. The molecule has 2 N–H and O–H groups in total. The molecule has 5 nitrogen and oxygen atoms in total. The Hall–Kier alpha value is -3.34. The summed E-state index contributed by atoms with van der Waals surface area (Å²) in [5.74, 6) is 0.630. The van der Waals surface area contributed by atoms with E-state index in [0.29, 0.717) is 18.7 Å². The molecule has 0 saturated carbocycles. The Kier molecular flexibility index (Phi) is 5.83. The Labute approximate surface area is 153 Å². The summed E-state index contributed by atoms with van der Waals surface area (Å²) in [5, 5.41) is 6.16. The highest BCUT2D eigenvalue weighted by molar-refractivity contribution is 5.93. The molecule has 0 unspecified atom stereocenters. The molecule has 0 bridgehead atoms. The first-order valence-corrected chi connectivity index (χ1v) is 8.44. The third kappa shape index (κ3) is 4.60. The number of rotatable bonds is 7. The van der Waals surface area contributed by atoms with Crippen LogP contribution in [0.4, 0.5) is 11.4 Å². The van der Waals surface area contributed by atoms with E-state index in [0.717, 1.165) is 22.7 Å². The normalized spacial score (nSPS) is 10.2. The summed E-state index contributed by atoms with van der Waals surface area (Å²) in [6.45, 7) is 0.511. The van der Waals surface area contributed by atoms with E-state index in [1.165, 1.54) is 0 Å². The number of nitrogens with zero attached hydrogens (tertiary/aromatic N) is 1. The van der Waals surface area contributed by atoms with Gasteiger partial charge in [-0.3, -0.25) is 9.78 Å². The molecule has 0 aliphatic heterocycles. The van der Waals surface area contributed by atoms with E-state index in [1.807, 2.05) is 60.7 Å². The van der Waals surface area contributed by atoms with Crippen LogP contribution >= 0.6 is 0 Å². The fourth-order valence-corrected chi connectivity index (χ4v) is 2.63. The molecule has 1 amide bonds. The first kappa shape index (κ1) is 17.5. The maximum Gasteiger partial charge on any atom is 0.269 e. The van der Waals surface area contributed by atoms with Crippen LogP contribution in [-0.4, -0.2) is 24.5 Å². The van der Waals surface area contributed by atoms with Gasteiger partial charge in [-0.2, -0.15) is 0 Å². The van der Waals surface area contributed by atoms with E-state index in [9.17, 15) is 4.79 Å². The second-order valence-electron chi connectivity index (χ2n) is 5.74. The molecule has 0 fully saturated rings. The lowest BCUT2D eigenvalue weighted by atomic mass is 10.1. The second-order valence-corrected chi connectivity index (χ2v) is 5.74. The van der Waals surface area contributed by atoms with Gasteiger partial charge in [-0.1, -0.05) is 36.4 Å². The summed E-state index contributed by atoms with van der Waals surface area (Å²) < 4.78 is 5.33. The van der Waals surface area contributed by atoms with E-state index in [2.05, 4.69) is 15.6 Å². The Bertz CT molecular complexity index is 866. The molecule has 3 rings (SSSR count). The Balaban J connectivity index is 1.59. The molecule has 0 spiro atoms. The zero-order valence-electron chi connectivity index (χ0n) is 14.6. The highest BCUT2D eigenvalue weighted by Crippen LogP contribution is 2.18. The van der Waals surface area contributed by atoms with E-state index in [-0.39, 0.29) is 5.91 Å². The van der Waals surface area contributed by atoms with Crippen LogP contribution in [-0.2, 0) is 6.42 Å². The fraction of sp³-hybridized carbons (Fsp3) is 0.143. The maximum absolute atomic E-state index is 12.4. The number of nitrogens with one attached hydrogen (secondary N) is 2. The van der Waals surface area contributed by atoms with Gasteiger partial charge in [-0.25, -0.2) is 0 Å². The summed E-state index contributed by atoms with van der Waals surface area (Å²) >= 11 is 0. The number of carbonyl (C=O) groups excluding carboxylic acids is 1. The lowest BCUT2D eigenvalue weighted by molar-refractivity contribution is 0.0949. The van der Waals surface area contributed by atoms with Crippen molar-refractivity contribution in [3.8, 4) is 5.75 Å². The molecular formula is C21H21N3O2. The number of para-hydroxylation sites is 2. The fourth-order valence-electron chi connectivity index (χ4n) is 2.63. The van der Waals surface area contributed by atoms with Crippen LogP contribution in [0, 0.1) is 0 Å². The number of ether oxygens (including phenoxy) is 1. The van der Waals surface area contributed by atoms with Crippen molar-refractivity contribution in [3.63, 3.8) is 0 Å². The van der Waals surface area contributed by atoms with Crippen molar-refractivity contribution < 1.29 is 9.53 Å². The minimum absolute atomic E-state index is 0.198. The summed E-state index contributed by atoms with van der Waals surface area (Å²) in [6.07, 6.45) is 2.32. The van der Waals surface area contributed by atoms with Gasteiger partial charge in [0.15, 0.2) is 0 Å². The quantitative estimate of drug-likeness (QED) is 0.682. The van der Waals surface area contributed by atoms with Gasteiger partial charge in [-0.15, -0.1) is 0 Å². The maximum atomic E-state index is 12.4. The van der Waals surface area contributed by atoms with Gasteiger partial charge in [-0.05, 0) is 42.3 Å². The van der Waals surface area contributed by atoms with Gasteiger partial charge in [0.1, 0.15) is 11.4 Å².